The molecule has 2 aromatic rings. The number of hydrogen-bond donors (Lipinski definition) is 3. The number of nitrogens with one attached hydrogen (secondary N) is 2. The Morgan fingerprint density at radius 3 is 2.35 bits per heavy atom. The van der Waals surface area contributed by atoms with Crippen molar-refractivity contribution in [3.8, 4) is 11.5 Å². The number of carbonyl (C=O) groups is 1. The number of carboxylic acids is 1. The average Bonchev–Trinajstić information content (AvgIpc) is 2.73. The summed E-state index contributed by atoms with van der Waals surface area (Å²) in [4.78, 5) is 11.3. The van der Waals surface area contributed by atoms with Gasteiger partial charge in [-0.05, 0) is 54.7 Å². The van der Waals surface area contributed by atoms with E-state index in [4.69, 9.17) is 9.47 Å². The first-order valence-electron chi connectivity index (χ1n) is 9.99. The predicted molar refractivity (Wildman–Crippen MR) is 120 cm³/mol. The molecule has 8 nitrogen and oxygen atoms in total. The molecule has 0 fully saturated rings. The quantitative estimate of drug-likeness (QED) is 0.454. The number of aromatic carboxylic acids is 1. The summed E-state index contributed by atoms with van der Waals surface area (Å²) in [6, 6.07) is 9.45. The van der Waals surface area contributed by atoms with Crippen molar-refractivity contribution in [1.29, 1.82) is 0 Å². The summed E-state index contributed by atoms with van der Waals surface area (Å²) >= 11 is 0. The van der Waals surface area contributed by atoms with Crippen LogP contribution in [0.3, 0.4) is 0 Å². The fourth-order valence-electron chi connectivity index (χ4n) is 2.96. The van der Waals surface area contributed by atoms with E-state index in [2.05, 4.69) is 23.9 Å². The SMILES string of the molecule is COc1ccc(CCNS(=O)(=O)c2cc(C(=O)O)ccc2NCCC(C)C)cc1OC. The molecule has 0 radical (unpaired) electrons. The molecule has 170 valence electrons. The largest absolute Gasteiger partial charge is 0.493 e. The van der Waals surface area contributed by atoms with E-state index < -0.39 is 16.0 Å². The van der Waals surface area contributed by atoms with Gasteiger partial charge in [-0.15, -0.1) is 0 Å². The number of hydrogen-bond acceptors (Lipinski definition) is 6. The van der Waals surface area contributed by atoms with E-state index in [1.54, 1.807) is 19.2 Å². The third kappa shape index (κ3) is 6.86. The Morgan fingerprint density at radius 1 is 1.03 bits per heavy atom. The van der Waals surface area contributed by atoms with Gasteiger partial charge in [0, 0.05) is 13.1 Å². The Kier molecular flexibility index (Phi) is 8.70. The van der Waals surface area contributed by atoms with Crippen molar-refractivity contribution in [2.24, 2.45) is 5.92 Å². The summed E-state index contributed by atoms with van der Waals surface area (Å²) in [6.07, 6.45) is 1.28. The predicted octanol–water partition coefficient (Wildman–Crippen LogP) is 3.38. The molecule has 3 N–H and O–H groups in total. The lowest BCUT2D eigenvalue weighted by Crippen LogP contribution is -2.27. The average molecular weight is 451 g/mol. The summed E-state index contributed by atoms with van der Waals surface area (Å²) < 4.78 is 38.9. The molecule has 0 atom stereocenters. The van der Waals surface area contributed by atoms with Crippen molar-refractivity contribution in [1.82, 2.24) is 4.72 Å². The molecule has 0 bridgehead atoms. The van der Waals surface area contributed by atoms with E-state index in [0.717, 1.165) is 12.0 Å². The number of benzene rings is 2. The number of rotatable bonds is 12. The van der Waals surface area contributed by atoms with Crippen LogP contribution in [0.15, 0.2) is 41.3 Å². The number of ether oxygens (including phenoxy) is 2. The van der Waals surface area contributed by atoms with E-state index >= 15 is 0 Å². The third-order valence-corrected chi connectivity index (χ3v) is 6.21. The van der Waals surface area contributed by atoms with Crippen LogP contribution in [-0.2, 0) is 16.4 Å². The maximum absolute atomic E-state index is 12.9. The van der Waals surface area contributed by atoms with Crippen LogP contribution in [-0.4, -0.2) is 46.8 Å². The van der Waals surface area contributed by atoms with Gasteiger partial charge in [-0.1, -0.05) is 19.9 Å². The van der Waals surface area contributed by atoms with Crippen LogP contribution in [0.4, 0.5) is 5.69 Å². The number of sulfonamides is 1. The van der Waals surface area contributed by atoms with Gasteiger partial charge in [-0.3, -0.25) is 0 Å². The van der Waals surface area contributed by atoms with Gasteiger partial charge < -0.3 is 19.9 Å². The molecule has 0 aliphatic carbocycles. The first kappa shape index (κ1) is 24.5. The molecule has 0 saturated carbocycles. The van der Waals surface area contributed by atoms with Gasteiger partial charge in [0.1, 0.15) is 4.90 Å². The second kappa shape index (κ2) is 11.0. The van der Waals surface area contributed by atoms with Crippen LogP contribution >= 0.6 is 0 Å². The lowest BCUT2D eigenvalue weighted by Gasteiger charge is -2.15. The van der Waals surface area contributed by atoms with Gasteiger partial charge in [0.25, 0.3) is 0 Å². The Bertz CT molecular complexity index is 1010. The lowest BCUT2D eigenvalue weighted by molar-refractivity contribution is 0.0696. The van der Waals surface area contributed by atoms with Crippen LogP contribution in [0.25, 0.3) is 0 Å². The minimum atomic E-state index is -3.93. The van der Waals surface area contributed by atoms with Gasteiger partial charge in [0.15, 0.2) is 11.5 Å². The molecule has 0 heterocycles. The van der Waals surface area contributed by atoms with Gasteiger partial charge in [-0.2, -0.15) is 0 Å². The van der Waals surface area contributed by atoms with Gasteiger partial charge in [-0.25, -0.2) is 17.9 Å². The van der Waals surface area contributed by atoms with Crippen molar-refractivity contribution in [2.75, 3.05) is 32.6 Å². The van der Waals surface area contributed by atoms with Crippen molar-refractivity contribution < 1.29 is 27.8 Å². The molecular formula is C22H30N2O6S. The molecule has 0 unspecified atom stereocenters. The van der Waals surface area contributed by atoms with E-state index in [9.17, 15) is 18.3 Å². The Balaban J connectivity index is 2.17. The highest BCUT2D eigenvalue weighted by Crippen LogP contribution is 2.28. The lowest BCUT2D eigenvalue weighted by atomic mass is 10.1. The number of anilines is 1. The highest BCUT2D eigenvalue weighted by molar-refractivity contribution is 7.89. The first-order chi connectivity index (χ1) is 14.7. The van der Waals surface area contributed by atoms with E-state index in [1.807, 2.05) is 6.07 Å². The van der Waals surface area contributed by atoms with Crippen molar-refractivity contribution in [3.05, 3.63) is 47.5 Å². The smallest absolute Gasteiger partial charge is 0.335 e. The van der Waals surface area contributed by atoms with Crippen LogP contribution in [0.1, 0.15) is 36.2 Å². The van der Waals surface area contributed by atoms with Gasteiger partial charge in [0.05, 0.1) is 25.5 Å². The monoisotopic (exact) mass is 450 g/mol. The van der Waals surface area contributed by atoms with E-state index in [1.165, 1.54) is 25.3 Å². The molecule has 2 rings (SSSR count). The Labute approximate surface area is 183 Å². The molecular weight excluding hydrogens is 420 g/mol. The fraction of sp³-hybridized carbons (Fsp3) is 0.409. The molecule has 0 aliphatic rings. The molecule has 31 heavy (non-hydrogen) atoms. The zero-order valence-electron chi connectivity index (χ0n) is 18.3. The van der Waals surface area contributed by atoms with Gasteiger partial charge in [0.2, 0.25) is 10.0 Å². The maximum atomic E-state index is 12.9. The zero-order chi connectivity index (χ0) is 23.0. The van der Waals surface area contributed by atoms with Crippen LogP contribution in [0.2, 0.25) is 0 Å². The molecule has 0 amide bonds. The number of carboxylic acid groups (broad SMARTS) is 1. The molecule has 0 saturated heterocycles. The molecule has 0 aliphatic heterocycles. The normalized spacial score (nSPS) is 11.4. The topological polar surface area (TPSA) is 114 Å². The summed E-state index contributed by atoms with van der Waals surface area (Å²) in [5.74, 6) is 0.420. The van der Waals surface area contributed by atoms with Crippen molar-refractivity contribution in [3.63, 3.8) is 0 Å². The third-order valence-electron chi connectivity index (χ3n) is 4.71. The van der Waals surface area contributed by atoms with Crippen molar-refractivity contribution in [2.45, 2.75) is 31.6 Å². The second-order valence-electron chi connectivity index (χ2n) is 7.46. The van der Waals surface area contributed by atoms with E-state index in [-0.39, 0.29) is 17.0 Å². The highest BCUT2D eigenvalue weighted by Gasteiger charge is 2.21. The van der Waals surface area contributed by atoms with Crippen LogP contribution < -0.4 is 19.5 Å². The van der Waals surface area contributed by atoms with Crippen LogP contribution in [0, 0.1) is 5.92 Å². The Hall–Kier alpha value is -2.78. The standard InChI is InChI=1S/C22H30N2O6S/c1-15(2)9-11-23-18-7-6-17(22(25)26)14-21(18)31(27,28)24-12-10-16-5-8-19(29-3)20(13-16)30-4/h5-8,13-15,23-24H,9-12H2,1-4H3,(H,25,26). The van der Waals surface area contributed by atoms with Crippen molar-refractivity contribution >= 4 is 21.7 Å². The first-order valence-corrected chi connectivity index (χ1v) is 11.5. The summed E-state index contributed by atoms with van der Waals surface area (Å²) in [7, 11) is -0.847. The second-order valence-corrected chi connectivity index (χ2v) is 9.20. The number of methoxy groups -OCH3 is 2. The molecule has 0 spiro atoms. The van der Waals surface area contributed by atoms with Gasteiger partial charge >= 0.3 is 5.97 Å². The summed E-state index contributed by atoms with van der Waals surface area (Å²) in [5, 5.41) is 12.4. The highest BCUT2D eigenvalue weighted by atomic mass is 32.2. The van der Waals surface area contributed by atoms with Crippen LogP contribution in [0.5, 0.6) is 11.5 Å². The molecule has 2 aromatic carbocycles. The van der Waals surface area contributed by atoms with E-state index in [0.29, 0.717) is 36.1 Å². The minimum absolute atomic E-state index is 0.0801. The summed E-state index contributed by atoms with van der Waals surface area (Å²) in [5.41, 5.74) is 1.16. The molecule has 0 aromatic heterocycles. The Morgan fingerprint density at radius 2 is 1.74 bits per heavy atom. The minimum Gasteiger partial charge on any atom is -0.493 e. The molecule has 9 heteroatoms. The summed E-state index contributed by atoms with van der Waals surface area (Å²) in [6.45, 7) is 4.87. The zero-order valence-corrected chi connectivity index (χ0v) is 19.1. The fourth-order valence-corrected chi connectivity index (χ4v) is 4.20. The maximum Gasteiger partial charge on any atom is 0.335 e.